The number of hydrogen-bond donors (Lipinski definition) is 0. The minimum Gasteiger partial charge on any atom is -0.373 e. The van der Waals surface area contributed by atoms with Crippen molar-refractivity contribution in [2.24, 2.45) is 5.92 Å². The van der Waals surface area contributed by atoms with Crippen molar-refractivity contribution in [3.63, 3.8) is 0 Å². The van der Waals surface area contributed by atoms with Gasteiger partial charge in [0.15, 0.2) is 11.6 Å². The number of aryl methyl sites for hydroxylation is 1. The molecule has 0 saturated carbocycles. The second-order valence-electron chi connectivity index (χ2n) is 12.6. The van der Waals surface area contributed by atoms with Crippen LogP contribution >= 0.6 is 0 Å². The number of hydrogen-bond acceptors (Lipinski definition) is 1. The Hall–Kier alpha value is -2.59. The number of halogens is 3. The molecular weight excluding hydrogens is 541 g/mol. The lowest BCUT2D eigenvalue weighted by atomic mass is 9.90. The van der Waals surface area contributed by atoms with Gasteiger partial charge in [-0.25, -0.2) is 13.2 Å². The molecule has 2 atom stereocenters. The van der Waals surface area contributed by atoms with Crippen LogP contribution in [0.15, 0.2) is 54.6 Å². The van der Waals surface area contributed by atoms with E-state index in [1.54, 1.807) is 42.5 Å². The molecule has 1 nitrogen and oxygen atoms in total. The lowest BCUT2D eigenvalue weighted by Crippen LogP contribution is -2.20. The summed E-state index contributed by atoms with van der Waals surface area (Å²) in [4.78, 5) is 0. The quantitative estimate of drug-likeness (QED) is 0.142. The molecule has 0 amide bonds. The second-order valence-corrected chi connectivity index (χ2v) is 12.6. The van der Waals surface area contributed by atoms with Crippen LogP contribution < -0.4 is 0 Å². The molecule has 0 spiro atoms. The molecule has 4 heteroatoms. The average Bonchev–Trinajstić information content (AvgIpc) is 3.03. The van der Waals surface area contributed by atoms with Crippen LogP contribution in [-0.4, -0.2) is 6.61 Å². The maximum atomic E-state index is 15.3. The summed E-state index contributed by atoms with van der Waals surface area (Å²) in [5, 5.41) is 0. The van der Waals surface area contributed by atoms with Gasteiger partial charge >= 0.3 is 0 Å². The van der Waals surface area contributed by atoms with Crippen molar-refractivity contribution >= 4 is 0 Å². The fourth-order valence-electron chi connectivity index (χ4n) is 6.41. The summed E-state index contributed by atoms with van der Waals surface area (Å²) in [6, 6.07) is 15.8. The first-order valence-corrected chi connectivity index (χ1v) is 17.0. The highest BCUT2D eigenvalue weighted by atomic mass is 19.2. The van der Waals surface area contributed by atoms with Crippen LogP contribution in [-0.2, 0) is 11.2 Å². The van der Waals surface area contributed by atoms with Crippen molar-refractivity contribution < 1.29 is 17.9 Å². The first kappa shape index (κ1) is 33.3. The van der Waals surface area contributed by atoms with Crippen LogP contribution in [0.2, 0.25) is 0 Å². The van der Waals surface area contributed by atoms with E-state index >= 15 is 8.78 Å². The van der Waals surface area contributed by atoms with E-state index in [4.69, 9.17) is 4.74 Å². The molecule has 0 radical (unpaired) electrons. The zero-order valence-corrected chi connectivity index (χ0v) is 26.4. The minimum atomic E-state index is -0.810. The molecule has 4 rings (SSSR count). The average molecular weight is 593 g/mol. The molecule has 0 aliphatic carbocycles. The van der Waals surface area contributed by atoms with E-state index in [9.17, 15) is 4.39 Å². The molecule has 43 heavy (non-hydrogen) atoms. The Morgan fingerprint density at radius 2 is 1.23 bits per heavy atom. The van der Waals surface area contributed by atoms with Crippen molar-refractivity contribution in [1.29, 1.82) is 0 Å². The minimum absolute atomic E-state index is 0.0612. The highest BCUT2D eigenvalue weighted by Crippen LogP contribution is 2.35. The van der Waals surface area contributed by atoms with Crippen LogP contribution in [0.1, 0.15) is 127 Å². The fraction of sp³-hybridized carbons (Fsp3) is 0.538. The molecule has 1 aliphatic heterocycles. The highest BCUT2D eigenvalue weighted by Gasteiger charge is 2.24. The standard InChI is InChI=1S/C39H51F3O/c1-3-5-7-9-10-12-14-16-32-22-25-35(39(42)38(32)41)31-20-18-30(19-21-31)34-24-23-33(27-36(34)40)37-26-17-29(28-43-37)15-13-11-8-6-4-2/h18-25,27,29,37H,3-17,26,28H2,1-2H3. The number of unbranched alkanes of at least 4 members (excludes halogenated alkanes) is 10. The zero-order chi connectivity index (χ0) is 30.4. The molecule has 3 aromatic carbocycles. The monoisotopic (exact) mass is 592 g/mol. The van der Waals surface area contributed by atoms with E-state index in [-0.39, 0.29) is 17.5 Å². The van der Waals surface area contributed by atoms with Gasteiger partial charge in [0, 0.05) is 11.1 Å². The largest absolute Gasteiger partial charge is 0.373 e. The summed E-state index contributed by atoms with van der Waals surface area (Å²) < 4.78 is 51.4. The van der Waals surface area contributed by atoms with Crippen molar-refractivity contribution in [2.45, 2.75) is 123 Å². The third-order valence-electron chi connectivity index (χ3n) is 9.17. The molecule has 1 heterocycles. The zero-order valence-electron chi connectivity index (χ0n) is 26.4. The van der Waals surface area contributed by atoms with E-state index in [1.807, 2.05) is 12.1 Å². The smallest absolute Gasteiger partial charge is 0.166 e. The molecular formula is C39H51F3O. The summed E-state index contributed by atoms with van der Waals surface area (Å²) in [6.07, 6.45) is 18.2. The van der Waals surface area contributed by atoms with Gasteiger partial charge < -0.3 is 4.74 Å². The summed E-state index contributed by atoms with van der Waals surface area (Å²) >= 11 is 0. The molecule has 3 aromatic rings. The molecule has 0 N–H and O–H groups in total. The van der Waals surface area contributed by atoms with Crippen molar-refractivity contribution in [3.05, 3.63) is 83.2 Å². The Balaban J connectivity index is 1.31. The summed E-state index contributed by atoms with van der Waals surface area (Å²) in [5.74, 6) is -1.24. The van der Waals surface area contributed by atoms with Crippen LogP contribution in [0.25, 0.3) is 22.3 Å². The molecule has 0 aromatic heterocycles. The van der Waals surface area contributed by atoms with Crippen molar-refractivity contribution in [2.75, 3.05) is 6.61 Å². The van der Waals surface area contributed by atoms with E-state index in [0.717, 1.165) is 44.3 Å². The first-order chi connectivity index (χ1) is 21.0. The van der Waals surface area contributed by atoms with Crippen LogP contribution in [0.4, 0.5) is 13.2 Å². The summed E-state index contributed by atoms with van der Waals surface area (Å²) in [7, 11) is 0. The number of ether oxygens (including phenoxy) is 1. The number of rotatable bonds is 17. The maximum Gasteiger partial charge on any atom is 0.166 e. The molecule has 1 aliphatic rings. The van der Waals surface area contributed by atoms with Crippen LogP contribution in [0.5, 0.6) is 0 Å². The van der Waals surface area contributed by atoms with E-state index < -0.39 is 11.6 Å². The third kappa shape index (κ3) is 9.70. The van der Waals surface area contributed by atoms with E-state index in [2.05, 4.69) is 13.8 Å². The second kappa shape index (κ2) is 17.6. The van der Waals surface area contributed by atoms with E-state index in [0.29, 0.717) is 34.6 Å². The van der Waals surface area contributed by atoms with Gasteiger partial charge in [0.25, 0.3) is 0 Å². The molecule has 234 valence electrons. The normalized spacial score (nSPS) is 17.0. The molecule has 1 fully saturated rings. The molecule has 2 unspecified atom stereocenters. The maximum absolute atomic E-state index is 15.3. The summed E-state index contributed by atoms with van der Waals surface area (Å²) in [5.41, 5.74) is 3.33. The third-order valence-corrected chi connectivity index (χ3v) is 9.17. The summed E-state index contributed by atoms with van der Waals surface area (Å²) in [6.45, 7) is 5.19. The Kier molecular flexibility index (Phi) is 13.7. The van der Waals surface area contributed by atoms with Crippen LogP contribution in [0, 0.1) is 23.4 Å². The van der Waals surface area contributed by atoms with E-state index in [1.165, 1.54) is 64.2 Å². The Morgan fingerprint density at radius 3 is 1.86 bits per heavy atom. The van der Waals surface area contributed by atoms with Gasteiger partial charge in [-0.1, -0.05) is 133 Å². The van der Waals surface area contributed by atoms with Gasteiger partial charge in [-0.2, -0.15) is 0 Å². The van der Waals surface area contributed by atoms with Gasteiger partial charge in [0.1, 0.15) is 5.82 Å². The Labute approximate surface area is 258 Å². The van der Waals surface area contributed by atoms with Gasteiger partial charge in [-0.15, -0.1) is 0 Å². The number of benzene rings is 3. The Bertz CT molecular complexity index is 1240. The van der Waals surface area contributed by atoms with Crippen molar-refractivity contribution in [1.82, 2.24) is 0 Å². The lowest BCUT2D eigenvalue weighted by molar-refractivity contribution is -0.0200. The molecule has 1 saturated heterocycles. The topological polar surface area (TPSA) is 9.23 Å². The van der Waals surface area contributed by atoms with Gasteiger partial charge in [-0.05, 0) is 66.3 Å². The van der Waals surface area contributed by atoms with Crippen molar-refractivity contribution in [3.8, 4) is 22.3 Å². The van der Waals surface area contributed by atoms with Gasteiger partial charge in [0.05, 0.1) is 12.7 Å². The van der Waals surface area contributed by atoms with Gasteiger partial charge in [0.2, 0.25) is 0 Å². The Morgan fingerprint density at radius 1 is 0.628 bits per heavy atom. The predicted octanol–water partition coefficient (Wildman–Crippen LogP) is 12.6. The predicted molar refractivity (Wildman–Crippen MR) is 174 cm³/mol. The van der Waals surface area contributed by atoms with Gasteiger partial charge in [-0.3, -0.25) is 0 Å². The van der Waals surface area contributed by atoms with Crippen LogP contribution in [0.3, 0.4) is 0 Å². The SMILES string of the molecule is CCCCCCCCCc1ccc(-c2ccc(-c3ccc(C4CCC(CCCCCCC)CO4)cc3F)cc2)c(F)c1F. The molecule has 0 bridgehead atoms. The first-order valence-electron chi connectivity index (χ1n) is 17.0. The fourth-order valence-corrected chi connectivity index (χ4v) is 6.41. The highest BCUT2D eigenvalue weighted by molar-refractivity contribution is 5.71. The lowest BCUT2D eigenvalue weighted by Gasteiger charge is -2.29.